The molecule has 6 nitrogen and oxygen atoms in total. The molecule has 2 unspecified atom stereocenters. The zero-order chi connectivity index (χ0) is 29.3. The van der Waals surface area contributed by atoms with Gasteiger partial charge in [0.25, 0.3) is 0 Å². The molecule has 1 aliphatic carbocycles. The summed E-state index contributed by atoms with van der Waals surface area (Å²) in [5.41, 5.74) is 3.61. The van der Waals surface area contributed by atoms with Gasteiger partial charge in [0.2, 0.25) is 0 Å². The molecule has 0 aromatic heterocycles. The van der Waals surface area contributed by atoms with Crippen LogP contribution < -0.4 is 0 Å². The minimum Gasteiger partial charge on any atom is -0.396 e. The Balaban J connectivity index is 1.29. The first-order valence-electron chi connectivity index (χ1n) is 15.1. The van der Waals surface area contributed by atoms with Crippen molar-refractivity contribution < 1.29 is 28.8 Å². The average molecular weight is 581 g/mol. The Bertz CT molecular complexity index is 1370. The van der Waals surface area contributed by atoms with Gasteiger partial charge in [-0.15, -0.1) is 0 Å². The second kappa shape index (κ2) is 14.4. The van der Waals surface area contributed by atoms with Crippen LogP contribution in [0.4, 0.5) is 0 Å². The van der Waals surface area contributed by atoms with E-state index in [2.05, 4.69) is 48.5 Å². The van der Waals surface area contributed by atoms with Gasteiger partial charge in [-0.25, -0.2) is 0 Å². The van der Waals surface area contributed by atoms with E-state index < -0.39 is 30.0 Å². The van der Waals surface area contributed by atoms with Crippen LogP contribution in [0.25, 0.3) is 0 Å². The number of hydrogen-bond donors (Lipinski definition) is 1. The second-order valence-corrected chi connectivity index (χ2v) is 11.4. The third kappa shape index (κ3) is 7.42. The van der Waals surface area contributed by atoms with Crippen LogP contribution in [0.2, 0.25) is 0 Å². The minimum atomic E-state index is -0.682. The van der Waals surface area contributed by atoms with Gasteiger partial charge in [0.05, 0.1) is 33.0 Å². The number of rotatable bonds is 14. The first kappa shape index (κ1) is 29.7. The molecule has 4 aromatic rings. The van der Waals surface area contributed by atoms with Crippen molar-refractivity contribution >= 4 is 0 Å². The Hall–Kier alpha value is -3.36. The summed E-state index contributed by atoms with van der Waals surface area (Å²) < 4.78 is 33.3. The lowest BCUT2D eigenvalue weighted by molar-refractivity contribution is -0.286. The topological polar surface area (TPSA) is 66.4 Å². The van der Waals surface area contributed by atoms with Gasteiger partial charge in [-0.05, 0) is 28.7 Å². The molecular weight excluding hydrogens is 540 g/mol. The molecule has 6 rings (SSSR count). The maximum Gasteiger partial charge on any atom is 0.116 e. The summed E-state index contributed by atoms with van der Waals surface area (Å²) in [5.74, 6) is -0.0530. The van der Waals surface area contributed by atoms with Gasteiger partial charge in [-0.2, -0.15) is 0 Å². The molecule has 1 aliphatic heterocycles. The largest absolute Gasteiger partial charge is 0.396 e. The van der Waals surface area contributed by atoms with Crippen LogP contribution in [0, 0.1) is 5.92 Å². The van der Waals surface area contributed by atoms with Gasteiger partial charge in [0, 0.05) is 12.5 Å². The standard InChI is InChI=1S/C37H40O6/c38-22-32-21-37(32)36(42-26-31-19-11-4-12-20-31)35(41-25-30-17-9-3-10-18-30)34(40-24-29-15-7-2-8-16-29)33(43-37)27-39-23-28-13-5-1-6-14-28/h1-20,32-36,38H,21-27H2/t32?,33-,34-,35+,36+,37?/m1/s1. The molecule has 0 radical (unpaired) electrons. The fourth-order valence-corrected chi connectivity index (χ4v) is 6.03. The second-order valence-electron chi connectivity index (χ2n) is 11.4. The predicted octanol–water partition coefficient (Wildman–Crippen LogP) is 6.11. The number of aliphatic hydroxyl groups excluding tert-OH is 1. The zero-order valence-electron chi connectivity index (χ0n) is 24.4. The van der Waals surface area contributed by atoms with E-state index >= 15 is 0 Å². The monoisotopic (exact) mass is 580 g/mol. The highest BCUT2D eigenvalue weighted by Crippen LogP contribution is 2.56. The minimum absolute atomic E-state index is 0.0176. The summed E-state index contributed by atoms with van der Waals surface area (Å²) in [6.45, 7) is 2.01. The van der Waals surface area contributed by atoms with E-state index in [1.54, 1.807) is 0 Å². The maximum absolute atomic E-state index is 10.3. The molecule has 1 heterocycles. The van der Waals surface area contributed by atoms with E-state index in [-0.39, 0.29) is 12.5 Å². The summed E-state index contributed by atoms with van der Waals surface area (Å²) in [7, 11) is 0. The zero-order valence-corrected chi connectivity index (χ0v) is 24.4. The average Bonchev–Trinajstić information content (AvgIpc) is 3.77. The van der Waals surface area contributed by atoms with Crippen LogP contribution in [0.15, 0.2) is 121 Å². The highest BCUT2D eigenvalue weighted by Gasteiger charge is 2.68. The number of hydrogen-bond acceptors (Lipinski definition) is 6. The molecule has 1 N–H and O–H groups in total. The van der Waals surface area contributed by atoms with E-state index in [0.717, 1.165) is 22.3 Å². The van der Waals surface area contributed by atoms with Crippen molar-refractivity contribution in [3.63, 3.8) is 0 Å². The Labute approximate surface area is 254 Å². The Morgan fingerprint density at radius 3 is 1.49 bits per heavy atom. The summed E-state index contributed by atoms with van der Waals surface area (Å²) in [6, 6.07) is 40.5. The molecule has 224 valence electrons. The molecule has 1 spiro atoms. The van der Waals surface area contributed by atoms with Crippen molar-refractivity contribution in [1.82, 2.24) is 0 Å². The molecule has 2 aliphatic rings. The molecule has 0 amide bonds. The highest BCUT2D eigenvalue weighted by molar-refractivity contribution is 5.20. The number of aliphatic hydroxyl groups is 1. The van der Waals surface area contributed by atoms with Crippen molar-refractivity contribution in [3.8, 4) is 0 Å². The van der Waals surface area contributed by atoms with Crippen molar-refractivity contribution in [2.75, 3.05) is 13.2 Å². The van der Waals surface area contributed by atoms with Gasteiger partial charge in [-0.1, -0.05) is 121 Å². The lowest BCUT2D eigenvalue weighted by atomic mass is 9.91. The van der Waals surface area contributed by atoms with Crippen molar-refractivity contribution in [2.24, 2.45) is 5.92 Å². The van der Waals surface area contributed by atoms with E-state index in [4.69, 9.17) is 23.7 Å². The first-order valence-corrected chi connectivity index (χ1v) is 15.1. The van der Waals surface area contributed by atoms with Crippen LogP contribution in [0.5, 0.6) is 0 Å². The summed E-state index contributed by atoms with van der Waals surface area (Å²) in [5, 5.41) is 10.3. The van der Waals surface area contributed by atoms with Crippen molar-refractivity contribution in [2.45, 2.75) is 62.9 Å². The molecular formula is C37H40O6. The van der Waals surface area contributed by atoms with E-state index in [1.807, 2.05) is 72.8 Å². The highest BCUT2D eigenvalue weighted by atomic mass is 16.6. The summed E-state index contributed by atoms with van der Waals surface area (Å²) in [6.07, 6.45) is -1.09. The van der Waals surface area contributed by atoms with Crippen LogP contribution in [0.3, 0.4) is 0 Å². The quantitative estimate of drug-likeness (QED) is 0.194. The molecule has 0 bridgehead atoms. The number of benzene rings is 4. The van der Waals surface area contributed by atoms with Gasteiger partial charge in [-0.3, -0.25) is 0 Å². The van der Waals surface area contributed by atoms with Crippen molar-refractivity contribution in [1.29, 1.82) is 0 Å². The van der Waals surface area contributed by atoms with Gasteiger partial charge in [0.1, 0.15) is 30.0 Å². The Morgan fingerprint density at radius 2 is 1.02 bits per heavy atom. The Kier molecular flexibility index (Phi) is 9.95. The molecule has 6 atom stereocenters. The first-order chi connectivity index (χ1) is 21.2. The van der Waals surface area contributed by atoms with Crippen LogP contribution in [0.1, 0.15) is 28.7 Å². The van der Waals surface area contributed by atoms with E-state index in [0.29, 0.717) is 39.5 Å². The summed E-state index contributed by atoms with van der Waals surface area (Å²) >= 11 is 0. The molecule has 1 saturated heterocycles. The SMILES string of the molecule is OCC1CC12O[C@H](COCc1ccccc1)[C@@H](OCc1ccccc1)[C@H](OCc1ccccc1)[C@@H]2OCc1ccccc1. The van der Waals surface area contributed by atoms with Crippen LogP contribution in [-0.2, 0) is 50.1 Å². The van der Waals surface area contributed by atoms with Gasteiger partial charge >= 0.3 is 0 Å². The molecule has 43 heavy (non-hydrogen) atoms. The lowest BCUT2D eigenvalue weighted by Crippen LogP contribution is -2.63. The van der Waals surface area contributed by atoms with Crippen LogP contribution >= 0.6 is 0 Å². The third-order valence-corrected chi connectivity index (χ3v) is 8.39. The summed E-state index contributed by atoms with van der Waals surface area (Å²) in [4.78, 5) is 0. The van der Waals surface area contributed by atoms with Gasteiger partial charge < -0.3 is 28.8 Å². The fraction of sp³-hybridized carbons (Fsp3) is 0.351. The molecule has 2 fully saturated rings. The normalized spacial score (nSPS) is 26.4. The van der Waals surface area contributed by atoms with Crippen molar-refractivity contribution in [3.05, 3.63) is 144 Å². The van der Waals surface area contributed by atoms with Crippen LogP contribution in [-0.4, -0.2) is 48.3 Å². The van der Waals surface area contributed by atoms with E-state index in [1.165, 1.54) is 0 Å². The smallest absolute Gasteiger partial charge is 0.116 e. The van der Waals surface area contributed by atoms with E-state index in [9.17, 15) is 5.11 Å². The maximum atomic E-state index is 10.3. The molecule has 4 aromatic carbocycles. The lowest BCUT2D eigenvalue weighted by Gasteiger charge is -2.47. The number of ether oxygens (including phenoxy) is 5. The van der Waals surface area contributed by atoms with Gasteiger partial charge in [0.15, 0.2) is 0 Å². The fourth-order valence-electron chi connectivity index (χ4n) is 6.03. The third-order valence-electron chi connectivity index (χ3n) is 8.39. The predicted molar refractivity (Wildman–Crippen MR) is 164 cm³/mol. The molecule has 1 saturated carbocycles. The molecule has 6 heteroatoms. The Morgan fingerprint density at radius 1 is 0.581 bits per heavy atom.